The van der Waals surface area contributed by atoms with Gasteiger partial charge in [-0.2, -0.15) is 0 Å². The molecule has 4 nitrogen and oxygen atoms in total. The van der Waals surface area contributed by atoms with Gasteiger partial charge in [0.1, 0.15) is 0 Å². The number of hydrogen-bond donors (Lipinski definition) is 1. The molecule has 0 spiro atoms. The Morgan fingerprint density at radius 1 is 0.639 bits per heavy atom. The minimum atomic E-state index is -3.57. The lowest BCUT2D eigenvalue weighted by atomic mass is 10.0. The van der Waals surface area contributed by atoms with Crippen LogP contribution in [0, 0.1) is 0 Å². The van der Waals surface area contributed by atoms with Crippen molar-refractivity contribution in [3.63, 3.8) is 0 Å². The summed E-state index contributed by atoms with van der Waals surface area (Å²) in [6.45, 7) is 4.74. The Kier molecular flexibility index (Phi) is 23.8. The van der Waals surface area contributed by atoms with Crippen LogP contribution in [-0.2, 0) is 9.09 Å². The van der Waals surface area contributed by atoms with Crippen molar-refractivity contribution in [3.8, 4) is 0 Å². The molecule has 0 radical (unpaired) electrons. The van der Waals surface area contributed by atoms with Crippen LogP contribution >= 0.6 is 7.60 Å². The number of nitrogens with zero attached hydrogens (tertiary/aromatic N) is 1. The first-order chi connectivity index (χ1) is 17.3. The Labute approximate surface area is 226 Å². The monoisotopic (exact) mass is 530 g/mol. The number of allylic oxidation sites excluding steroid dienone is 2. The molecular weight excluding hydrogens is 465 g/mol. The van der Waals surface area contributed by atoms with Crippen LogP contribution in [0.15, 0.2) is 12.2 Å². The lowest BCUT2D eigenvalue weighted by Gasteiger charge is -2.35. The van der Waals surface area contributed by atoms with Gasteiger partial charge in [-0.15, -0.1) is 0 Å². The highest BCUT2D eigenvalue weighted by atomic mass is 31.2. The highest BCUT2D eigenvalue weighted by Crippen LogP contribution is 2.51. The van der Waals surface area contributed by atoms with Crippen LogP contribution in [0.5, 0.6) is 0 Å². The molecule has 0 aromatic heterocycles. The standard InChI is InChI=1S/C31H64NO3P/c1-6-8-9-10-11-12-13-14-15-16-17-18-19-20-21-22-23-24-25-26-27-28-30-35-36(33,34)31(29-7-2)32(3,4)5/h15-16,31H,6-14,17-30H2,1-5H3/p+1/b16-15-. The largest absolute Gasteiger partial charge is 0.385 e. The second-order valence-electron chi connectivity index (χ2n) is 11.8. The van der Waals surface area contributed by atoms with Crippen molar-refractivity contribution in [1.82, 2.24) is 0 Å². The molecule has 0 aliphatic carbocycles. The van der Waals surface area contributed by atoms with Crippen LogP contribution in [0.25, 0.3) is 0 Å². The van der Waals surface area contributed by atoms with Crippen LogP contribution < -0.4 is 0 Å². The fraction of sp³-hybridized carbons (Fsp3) is 0.935. The van der Waals surface area contributed by atoms with Gasteiger partial charge in [-0.25, -0.2) is 0 Å². The summed E-state index contributed by atoms with van der Waals surface area (Å²) < 4.78 is 18.7. The molecule has 216 valence electrons. The van der Waals surface area contributed by atoms with Gasteiger partial charge in [-0.05, 0) is 38.5 Å². The molecule has 2 atom stereocenters. The van der Waals surface area contributed by atoms with E-state index in [0.29, 0.717) is 17.5 Å². The third-order valence-electron chi connectivity index (χ3n) is 7.25. The summed E-state index contributed by atoms with van der Waals surface area (Å²) in [6.07, 6.45) is 32.8. The Morgan fingerprint density at radius 3 is 1.42 bits per heavy atom. The summed E-state index contributed by atoms with van der Waals surface area (Å²) in [7, 11) is 2.36. The van der Waals surface area contributed by atoms with E-state index in [4.69, 9.17) is 4.52 Å². The lowest BCUT2D eigenvalue weighted by Crippen LogP contribution is -2.45. The molecule has 0 aliphatic rings. The molecule has 1 N–H and O–H groups in total. The molecule has 0 amide bonds. The van der Waals surface area contributed by atoms with E-state index in [1.807, 2.05) is 21.1 Å². The summed E-state index contributed by atoms with van der Waals surface area (Å²) in [4.78, 5) is 10.4. The zero-order valence-electron chi connectivity index (χ0n) is 25.2. The molecule has 2 unspecified atom stereocenters. The van der Waals surface area contributed by atoms with Crippen LogP contribution in [-0.4, -0.2) is 42.9 Å². The smallest absolute Gasteiger partial charge is 0.320 e. The van der Waals surface area contributed by atoms with E-state index in [2.05, 4.69) is 26.0 Å². The molecule has 0 heterocycles. The maximum atomic E-state index is 12.7. The Morgan fingerprint density at radius 2 is 1.03 bits per heavy atom. The first-order valence-electron chi connectivity index (χ1n) is 15.7. The van der Waals surface area contributed by atoms with E-state index in [9.17, 15) is 9.46 Å². The minimum absolute atomic E-state index is 0.335. The molecule has 0 saturated carbocycles. The van der Waals surface area contributed by atoms with Gasteiger partial charge in [-0.1, -0.05) is 122 Å². The summed E-state index contributed by atoms with van der Waals surface area (Å²) >= 11 is 0. The van der Waals surface area contributed by atoms with Gasteiger partial charge in [-0.3, -0.25) is 4.57 Å². The Balaban J connectivity index is 3.44. The quantitative estimate of drug-likeness (QED) is 0.0497. The fourth-order valence-corrected chi connectivity index (χ4v) is 6.96. The second-order valence-corrected chi connectivity index (χ2v) is 13.8. The van der Waals surface area contributed by atoms with Gasteiger partial charge >= 0.3 is 7.60 Å². The highest BCUT2D eigenvalue weighted by molar-refractivity contribution is 7.53. The number of unbranched alkanes of at least 4 members (excludes halogenated alkanes) is 18. The normalized spacial score (nSPS) is 14.9. The maximum absolute atomic E-state index is 12.7. The highest BCUT2D eigenvalue weighted by Gasteiger charge is 2.41. The van der Waals surface area contributed by atoms with Gasteiger partial charge in [0.25, 0.3) is 0 Å². The molecule has 0 fully saturated rings. The molecule has 0 rings (SSSR count). The zero-order chi connectivity index (χ0) is 27.0. The van der Waals surface area contributed by atoms with Crippen LogP contribution in [0.2, 0.25) is 0 Å². The Bertz CT molecular complexity index is 544. The molecule has 5 heteroatoms. The summed E-state index contributed by atoms with van der Waals surface area (Å²) in [5, 5.41) is 0. The zero-order valence-corrected chi connectivity index (χ0v) is 26.0. The van der Waals surface area contributed by atoms with Crippen molar-refractivity contribution >= 4 is 7.60 Å². The van der Waals surface area contributed by atoms with E-state index < -0.39 is 7.60 Å². The van der Waals surface area contributed by atoms with Gasteiger partial charge in [0.2, 0.25) is 0 Å². The van der Waals surface area contributed by atoms with Crippen molar-refractivity contribution in [3.05, 3.63) is 12.2 Å². The number of rotatable bonds is 27. The third-order valence-corrected chi connectivity index (χ3v) is 9.51. The lowest BCUT2D eigenvalue weighted by molar-refractivity contribution is -0.883. The van der Waals surface area contributed by atoms with Crippen molar-refractivity contribution in [2.45, 2.75) is 161 Å². The predicted molar refractivity (Wildman–Crippen MR) is 160 cm³/mol. The van der Waals surface area contributed by atoms with Crippen molar-refractivity contribution < 1.29 is 18.5 Å². The molecule has 0 aromatic carbocycles. The van der Waals surface area contributed by atoms with Crippen LogP contribution in [0.1, 0.15) is 155 Å². The van der Waals surface area contributed by atoms with E-state index in [-0.39, 0.29) is 5.78 Å². The van der Waals surface area contributed by atoms with Crippen LogP contribution in [0.3, 0.4) is 0 Å². The van der Waals surface area contributed by atoms with Crippen molar-refractivity contribution in [2.75, 3.05) is 27.7 Å². The minimum Gasteiger partial charge on any atom is -0.320 e. The van der Waals surface area contributed by atoms with Gasteiger partial charge in [0.05, 0.1) is 27.7 Å². The summed E-state index contributed by atoms with van der Waals surface area (Å²) in [5.41, 5.74) is 0. The van der Waals surface area contributed by atoms with E-state index in [0.717, 1.165) is 19.3 Å². The van der Waals surface area contributed by atoms with Crippen molar-refractivity contribution in [2.24, 2.45) is 0 Å². The van der Waals surface area contributed by atoms with Gasteiger partial charge in [0, 0.05) is 6.42 Å². The van der Waals surface area contributed by atoms with E-state index in [1.165, 1.54) is 116 Å². The molecule has 0 bridgehead atoms. The van der Waals surface area contributed by atoms with Gasteiger partial charge in [0.15, 0.2) is 5.78 Å². The third kappa shape index (κ3) is 21.9. The number of quaternary nitrogens is 1. The van der Waals surface area contributed by atoms with E-state index >= 15 is 0 Å². The second kappa shape index (κ2) is 23.9. The predicted octanol–water partition coefficient (Wildman–Crippen LogP) is 10.4. The first-order valence-corrected chi connectivity index (χ1v) is 17.3. The van der Waals surface area contributed by atoms with E-state index in [1.54, 1.807) is 0 Å². The SMILES string of the molecule is CCCCCCCCC/C=C\CCCCCCCCCCCCCOP(=O)(O)C(CCC)[N+](C)(C)C. The molecule has 0 aliphatic heterocycles. The number of hydrogen-bond acceptors (Lipinski definition) is 2. The average molecular weight is 531 g/mol. The average Bonchev–Trinajstić information content (AvgIpc) is 2.82. The summed E-state index contributed by atoms with van der Waals surface area (Å²) in [6, 6.07) is 0. The topological polar surface area (TPSA) is 46.5 Å². The van der Waals surface area contributed by atoms with Crippen molar-refractivity contribution in [1.29, 1.82) is 0 Å². The molecule has 0 saturated heterocycles. The molecule has 36 heavy (non-hydrogen) atoms. The van der Waals surface area contributed by atoms with Gasteiger partial charge < -0.3 is 13.9 Å². The maximum Gasteiger partial charge on any atom is 0.385 e. The van der Waals surface area contributed by atoms with Crippen LogP contribution in [0.4, 0.5) is 0 Å². The first kappa shape index (κ1) is 35.9. The Hall–Kier alpha value is -0.150. The molecule has 0 aromatic rings. The fourth-order valence-electron chi connectivity index (χ4n) is 4.94. The molecular formula is C31H65NO3P+. The summed E-state index contributed by atoms with van der Waals surface area (Å²) in [5.74, 6) is -0.335.